The first kappa shape index (κ1) is 26.4. The molecule has 0 saturated heterocycles. The van der Waals surface area contributed by atoms with Gasteiger partial charge in [0.2, 0.25) is 0 Å². The molecule has 0 aliphatic carbocycles. The molecule has 0 fully saturated rings. The van der Waals surface area contributed by atoms with Gasteiger partial charge >= 0.3 is 5.97 Å². The maximum Gasteiger partial charge on any atom is 0.312 e. The Balaban J connectivity index is 2.38. The number of carbonyl (C=O) groups excluding carboxylic acids is 1. The molecule has 0 amide bonds. The lowest BCUT2D eigenvalue weighted by Crippen LogP contribution is -2.38. The van der Waals surface area contributed by atoms with Crippen molar-refractivity contribution in [3.63, 3.8) is 0 Å². The van der Waals surface area contributed by atoms with Gasteiger partial charge in [0.1, 0.15) is 6.61 Å². The van der Waals surface area contributed by atoms with Crippen molar-refractivity contribution in [3.05, 3.63) is 82.4 Å². The zero-order chi connectivity index (χ0) is 23.9. The third-order valence-electron chi connectivity index (χ3n) is 5.89. The van der Waals surface area contributed by atoms with Crippen LogP contribution in [0.15, 0.2) is 61.2 Å². The molecule has 0 bridgehead atoms. The molecule has 32 heavy (non-hydrogen) atoms. The number of ether oxygens (including phenoxy) is 1. The molecule has 4 atom stereocenters. The molecule has 2 aromatic carbocycles. The van der Waals surface area contributed by atoms with Gasteiger partial charge in [0.25, 0.3) is 0 Å². The number of allylic oxidation sites excluding steroid dienone is 1. The number of carbonyl (C=O) groups is 1. The van der Waals surface area contributed by atoms with Crippen LogP contribution in [0.1, 0.15) is 56.8 Å². The van der Waals surface area contributed by atoms with Crippen LogP contribution in [-0.2, 0) is 9.53 Å². The first-order valence-corrected chi connectivity index (χ1v) is 11.6. The van der Waals surface area contributed by atoms with Crippen molar-refractivity contribution >= 4 is 29.2 Å². The molecule has 2 aromatic rings. The first-order valence-electron chi connectivity index (χ1n) is 10.8. The van der Waals surface area contributed by atoms with E-state index in [0.717, 1.165) is 5.56 Å². The molecule has 2 rings (SSSR count). The van der Waals surface area contributed by atoms with Crippen molar-refractivity contribution in [1.29, 1.82) is 0 Å². The molecule has 3 N–H and O–H groups in total. The monoisotopic (exact) mass is 477 g/mol. The van der Waals surface area contributed by atoms with E-state index in [2.05, 4.69) is 6.58 Å². The third kappa shape index (κ3) is 7.08. The highest BCUT2D eigenvalue weighted by Crippen LogP contribution is 2.43. The highest BCUT2D eigenvalue weighted by Gasteiger charge is 2.39. The zero-order valence-corrected chi connectivity index (χ0v) is 20.4. The van der Waals surface area contributed by atoms with Gasteiger partial charge in [-0.15, -0.1) is 6.58 Å². The summed E-state index contributed by atoms with van der Waals surface area (Å²) in [5.41, 5.74) is 6.70. The smallest absolute Gasteiger partial charge is 0.312 e. The summed E-state index contributed by atoms with van der Waals surface area (Å²) in [6.07, 6.45) is 1.56. The van der Waals surface area contributed by atoms with Crippen LogP contribution < -0.4 is 5.73 Å². The number of hydrogen-bond acceptors (Lipinski definition) is 4. The van der Waals surface area contributed by atoms with Crippen molar-refractivity contribution < 1.29 is 14.6 Å². The van der Waals surface area contributed by atoms with Crippen LogP contribution in [0, 0.1) is 11.3 Å². The van der Waals surface area contributed by atoms with Crippen LogP contribution in [0.5, 0.6) is 0 Å². The number of esters is 1. The standard InChI is InChI=1S/C26H33Cl2NO3/c1-5-13-26(4,25(31)32-16-23(29)17(2)3)15-22(19-7-6-8-21(28)14-19)24(30)18-9-11-20(27)12-10-18/h5-12,14,17,22-24,30H,1,13,15-16,29H2,2-4H3/t22-,23-,24+,26+/m1/s1. The molecule has 4 nitrogen and oxygen atoms in total. The summed E-state index contributed by atoms with van der Waals surface area (Å²) in [6, 6.07) is 14.1. The van der Waals surface area contributed by atoms with E-state index in [1.54, 1.807) is 36.4 Å². The second-order valence-electron chi connectivity index (χ2n) is 8.92. The Labute approximate surface area is 201 Å². The fourth-order valence-corrected chi connectivity index (χ4v) is 3.96. The van der Waals surface area contributed by atoms with Crippen LogP contribution in [0.4, 0.5) is 0 Å². The number of aliphatic hydroxyl groups is 1. The number of nitrogens with two attached hydrogens (primary N) is 1. The van der Waals surface area contributed by atoms with Crippen molar-refractivity contribution in [3.8, 4) is 0 Å². The normalized spacial score (nSPS) is 16.1. The summed E-state index contributed by atoms with van der Waals surface area (Å²) >= 11 is 12.3. The Morgan fingerprint density at radius 3 is 2.38 bits per heavy atom. The van der Waals surface area contributed by atoms with Gasteiger partial charge in [-0.05, 0) is 61.1 Å². The Hall–Kier alpha value is -1.85. The molecular weight excluding hydrogens is 445 g/mol. The summed E-state index contributed by atoms with van der Waals surface area (Å²) in [7, 11) is 0. The predicted octanol–water partition coefficient (Wildman–Crippen LogP) is 6.31. The van der Waals surface area contributed by atoms with Gasteiger partial charge in [-0.2, -0.15) is 0 Å². The Kier molecular flexibility index (Phi) is 9.78. The first-order chi connectivity index (χ1) is 15.1. The highest BCUT2D eigenvalue weighted by molar-refractivity contribution is 6.30. The number of hydrogen-bond donors (Lipinski definition) is 2. The minimum Gasteiger partial charge on any atom is -0.464 e. The molecule has 0 aliphatic heterocycles. The van der Waals surface area contributed by atoms with E-state index in [0.29, 0.717) is 28.5 Å². The minimum absolute atomic E-state index is 0.144. The summed E-state index contributed by atoms with van der Waals surface area (Å²) in [5.74, 6) is -0.575. The summed E-state index contributed by atoms with van der Waals surface area (Å²) in [5, 5.41) is 12.5. The third-order valence-corrected chi connectivity index (χ3v) is 6.38. The molecule has 0 unspecified atom stereocenters. The van der Waals surface area contributed by atoms with Crippen LogP contribution in [0.2, 0.25) is 10.0 Å². The largest absolute Gasteiger partial charge is 0.464 e. The number of halogens is 2. The van der Waals surface area contributed by atoms with Crippen molar-refractivity contribution in [2.24, 2.45) is 17.1 Å². The van der Waals surface area contributed by atoms with E-state index >= 15 is 0 Å². The number of aliphatic hydroxyl groups excluding tert-OH is 1. The van der Waals surface area contributed by atoms with Gasteiger partial charge in [-0.25, -0.2) is 0 Å². The molecular formula is C26H33Cl2NO3. The molecule has 0 heterocycles. The maximum atomic E-state index is 13.2. The minimum atomic E-state index is -0.904. The van der Waals surface area contributed by atoms with Crippen molar-refractivity contribution in [2.45, 2.75) is 51.7 Å². The van der Waals surface area contributed by atoms with Gasteiger partial charge < -0.3 is 15.6 Å². The Bertz CT molecular complexity index is 900. The number of benzene rings is 2. The maximum absolute atomic E-state index is 13.2. The second-order valence-corrected chi connectivity index (χ2v) is 9.79. The summed E-state index contributed by atoms with van der Waals surface area (Å²) < 4.78 is 5.61. The zero-order valence-electron chi connectivity index (χ0n) is 18.9. The van der Waals surface area contributed by atoms with Gasteiger partial charge in [-0.3, -0.25) is 4.79 Å². The average molecular weight is 478 g/mol. The SMILES string of the molecule is C=CC[C@@](C)(C[C@H](c1cccc(Cl)c1)[C@@H](O)c1ccc(Cl)cc1)C(=O)OC[C@@H](N)C(C)C. The highest BCUT2D eigenvalue weighted by atomic mass is 35.5. The second kappa shape index (κ2) is 11.9. The lowest BCUT2D eigenvalue weighted by molar-refractivity contribution is -0.156. The van der Waals surface area contributed by atoms with Crippen LogP contribution in [0.3, 0.4) is 0 Å². The lowest BCUT2D eigenvalue weighted by Gasteiger charge is -2.34. The molecule has 0 spiro atoms. The molecule has 6 heteroatoms. The lowest BCUT2D eigenvalue weighted by atomic mass is 9.73. The van der Waals surface area contributed by atoms with E-state index in [-0.39, 0.29) is 24.5 Å². The molecule has 0 saturated carbocycles. The molecule has 0 radical (unpaired) electrons. The molecule has 0 aromatic heterocycles. The average Bonchev–Trinajstić information content (AvgIpc) is 2.75. The van der Waals surface area contributed by atoms with E-state index < -0.39 is 17.4 Å². The van der Waals surface area contributed by atoms with Gasteiger partial charge in [-0.1, -0.05) is 67.4 Å². The van der Waals surface area contributed by atoms with E-state index in [9.17, 15) is 9.90 Å². The van der Waals surface area contributed by atoms with Crippen LogP contribution in [0.25, 0.3) is 0 Å². The summed E-state index contributed by atoms with van der Waals surface area (Å²) in [4.78, 5) is 13.2. The Morgan fingerprint density at radius 2 is 1.81 bits per heavy atom. The van der Waals surface area contributed by atoms with Crippen molar-refractivity contribution in [1.82, 2.24) is 0 Å². The predicted molar refractivity (Wildman–Crippen MR) is 132 cm³/mol. The van der Waals surface area contributed by atoms with Gasteiger partial charge in [0, 0.05) is 22.0 Å². The van der Waals surface area contributed by atoms with Gasteiger partial charge in [0.05, 0.1) is 11.5 Å². The molecule has 174 valence electrons. The van der Waals surface area contributed by atoms with E-state index in [1.807, 2.05) is 39.0 Å². The van der Waals surface area contributed by atoms with Crippen molar-refractivity contribution in [2.75, 3.05) is 6.61 Å². The van der Waals surface area contributed by atoms with Crippen LogP contribution in [-0.4, -0.2) is 23.7 Å². The van der Waals surface area contributed by atoms with Crippen LogP contribution >= 0.6 is 23.2 Å². The summed E-state index contributed by atoms with van der Waals surface area (Å²) in [6.45, 7) is 9.78. The quantitative estimate of drug-likeness (QED) is 0.293. The fraction of sp³-hybridized carbons (Fsp3) is 0.423. The van der Waals surface area contributed by atoms with E-state index in [4.69, 9.17) is 33.7 Å². The molecule has 0 aliphatic rings. The number of rotatable bonds is 11. The van der Waals surface area contributed by atoms with E-state index in [1.165, 1.54) is 0 Å². The topological polar surface area (TPSA) is 72.5 Å². The van der Waals surface area contributed by atoms with Gasteiger partial charge in [0.15, 0.2) is 0 Å². The Morgan fingerprint density at radius 1 is 1.16 bits per heavy atom. The fourth-order valence-electron chi connectivity index (χ4n) is 3.63.